The van der Waals surface area contributed by atoms with Crippen LogP contribution in [0, 0.1) is 0 Å². The molecule has 1 aromatic rings. The highest BCUT2D eigenvalue weighted by Gasteiger charge is 2.05. The molecule has 18 heavy (non-hydrogen) atoms. The predicted octanol–water partition coefficient (Wildman–Crippen LogP) is 0.841. The van der Waals surface area contributed by atoms with Gasteiger partial charge in [-0.1, -0.05) is 30.0 Å². The summed E-state index contributed by atoms with van der Waals surface area (Å²) in [6, 6.07) is 7.42. The standard InChI is InChI=1S/C6H6O3S.C3H7N3S2/c7-10(8,9)6-4-2-1-3-5-6;1-8-3(5)6-2(4)7/h1-5H,(H,7,8,9);1H3,(H4,4,5,6,7). The third-order valence-corrected chi connectivity index (χ3v) is 2.94. The molecule has 0 bridgehead atoms. The number of aliphatic imine (C=N–C) groups is 1. The molecule has 6 nitrogen and oxygen atoms in total. The zero-order valence-electron chi connectivity index (χ0n) is 9.48. The Balaban J connectivity index is 0.000000331. The molecule has 5 N–H and O–H groups in total. The van der Waals surface area contributed by atoms with E-state index in [2.05, 4.69) is 17.2 Å². The Bertz CT molecular complexity index is 514. The molecule has 0 atom stereocenters. The van der Waals surface area contributed by atoms with Crippen LogP contribution < -0.4 is 11.5 Å². The lowest BCUT2D eigenvalue weighted by Gasteiger charge is -1.92. The average Bonchev–Trinajstić information content (AvgIpc) is 2.29. The van der Waals surface area contributed by atoms with Crippen LogP contribution in [0.2, 0.25) is 0 Å². The molecule has 0 amide bonds. The van der Waals surface area contributed by atoms with Gasteiger partial charge in [0.2, 0.25) is 0 Å². The topological polar surface area (TPSA) is 119 Å². The summed E-state index contributed by atoms with van der Waals surface area (Å²) in [5, 5.41) is 0.481. The molecule has 0 radical (unpaired) electrons. The van der Waals surface area contributed by atoms with Crippen molar-refractivity contribution in [2.75, 3.05) is 6.26 Å². The summed E-state index contributed by atoms with van der Waals surface area (Å²) in [7, 11) is -4.00. The van der Waals surface area contributed by atoms with Gasteiger partial charge < -0.3 is 11.5 Å². The Hall–Kier alpha value is -1.16. The normalized spacial score (nSPS) is 11.3. The monoisotopic (exact) mass is 307 g/mol. The Kier molecular flexibility index (Phi) is 7.51. The first-order valence-corrected chi connectivity index (χ1v) is 7.54. The van der Waals surface area contributed by atoms with Gasteiger partial charge >= 0.3 is 0 Å². The lowest BCUT2D eigenvalue weighted by molar-refractivity contribution is 0.483. The van der Waals surface area contributed by atoms with Crippen LogP contribution in [0.15, 0.2) is 40.2 Å². The van der Waals surface area contributed by atoms with Gasteiger partial charge in [-0.05, 0) is 30.6 Å². The summed E-state index contributed by atoms with van der Waals surface area (Å²) in [5.41, 5.74) is 10.2. The number of nitrogens with zero attached hydrogens (tertiary/aromatic N) is 1. The van der Waals surface area contributed by atoms with Crippen molar-refractivity contribution in [1.29, 1.82) is 0 Å². The number of benzene rings is 1. The van der Waals surface area contributed by atoms with Crippen LogP contribution in [0.1, 0.15) is 0 Å². The molecule has 0 unspecified atom stereocenters. The maximum Gasteiger partial charge on any atom is 0.294 e. The van der Waals surface area contributed by atoms with Crippen molar-refractivity contribution in [3.8, 4) is 0 Å². The van der Waals surface area contributed by atoms with Gasteiger partial charge in [0, 0.05) is 0 Å². The lowest BCUT2D eigenvalue weighted by atomic mass is 10.4. The van der Waals surface area contributed by atoms with Crippen molar-refractivity contribution in [2.45, 2.75) is 4.90 Å². The van der Waals surface area contributed by atoms with E-state index in [0.717, 1.165) is 0 Å². The summed E-state index contributed by atoms with van der Waals surface area (Å²) in [4.78, 5) is 3.49. The Morgan fingerprint density at radius 3 is 2.06 bits per heavy atom. The van der Waals surface area contributed by atoms with E-state index >= 15 is 0 Å². The molecular formula is C9H13N3O3S3. The van der Waals surface area contributed by atoms with Gasteiger partial charge in [0.05, 0.1) is 4.90 Å². The number of hydrogen-bond acceptors (Lipinski definition) is 4. The molecule has 0 saturated heterocycles. The van der Waals surface area contributed by atoms with E-state index in [-0.39, 0.29) is 10.0 Å². The largest absolute Gasteiger partial charge is 0.378 e. The fourth-order valence-corrected chi connectivity index (χ4v) is 1.59. The smallest absolute Gasteiger partial charge is 0.294 e. The fourth-order valence-electron chi connectivity index (χ4n) is 0.747. The van der Waals surface area contributed by atoms with E-state index < -0.39 is 10.1 Å². The van der Waals surface area contributed by atoms with Crippen LogP contribution in [0.3, 0.4) is 0 Å². The van der Waals surface area contributed by atoms with Crippen molar-refractivity contribution < 1.29 is 13.0 Å². The Labute approximate surface area is 115 Å². The SMILES string of the molecule is CS/C(N)=N\C(N)=S.O=S(=O)(O)c1ccccc1. The van der Waals surface area contributed by atoms with Crippen molar-refractivity contribution >= 4 is 44.4 Å². The molecule has 1 aromatic carbocycles. The molecule has 0 saturated carbocycles. The first kappa shape index (κ1) is 16.8. The number of thioether (sulfide) groups is 1. The van der Waals surface area contributed by atoms with Crippen LogP contribution in [0.25, 0.3) is 0 Å². The van der Waals surface area contributed by atoms with Gasteiger partial charge in [0.1, 0.15) is 0 Å². The fraction of sp³-hybridized carbons (Fsp3) is 0.111. The van der Waals surface area contributed by atoms with Gasteiger partial charge in [-0.25, -0.2) is 0 Å². The van der Waals surface area contributed by atoms with Crippen LogP contribution in [-0.2, 0) is 10.1 Å². The number of hydrogen-bond donors (Lipinski definition) is 3. The van der Waals surface area contributed by atoms with E-state index in [9.17, 15) is 8.42 Å². The summed E-state index contributed by atoms with van der Waals surface area (Å²) in [6.07, 6.45) is 1.80. The molecule has 0 fully saturated rings. The molecule has 0 aliphatic heterocycles. The Morgan fingerprint density at radius 2 is 1.83 bits per heavy atom. The maximum absolute atomic E-state index is 10.4. The predicted molar refractivity (Wildman–Crippen MR) is 78.2 cm³/mol. The molecular weight excluding hydrogens is 294 g/mol. The highest BCUT2D eigenvalue weighted by atomic mass is 32.2. The van der Waals surface area contributed by atoms with Gasteiger partial charge in [0.25, 0.3) is 10.1 Å². The summed E-state index contributed by atoms with van der Waals surface area (Å²) in [5.74, 6) is 0. The third-order valence-electron chi connectivity index (χ3n) is 1.47. The molecule has 0 aromatic heterocycles. The van der Waals surface area contributed by atoms with Crippen LogP contribution in [0.5, 0.6) is 0 Å². The minimum Gasteiger partial charge on any atom is -0.378 e. The van der Waals surface area contributed by atoms with Crippen molar-refractivity contribution in [1.82, 2.24) is 0 Å². The quantitative estimate of drug-likeness (QED) is 0.304. The zero-order chi connectivity index (χ0) is 14.2. The minimum atomic E-state index is -4.00. The number of amidine groups is 1. The van der Waals surface area contributed by atoms with E-state index in [4.69, 9.17) is 16.0 Å². The number of nitrogens with two attached hydrogens (primary N) is 2. The second-order valence-corrected chi connectivity index (χ2v) is 5.45. The van der Waals surface area contributed by atoms with Gasteiger partial charge in [-0.15, -0.1) is 0 Å². The van der Waals surface area contributed by atoms with E-state index in [0.29, 0.717) is 5.17 Å². The van der Waals surface area contributed by atoms with E-state index in [1.165, 1.54) is 23.9 Å². The zero-order valence-corrected chi connectivity index (χ0v) is 11.9. The van der Waals surface area contributed by atoms with Crippen molar-refractivity contribution in [2.24, 2.45) is 16.5 Å². The van der Waals surface area contributed by atoms with Crippen LogP contribution in [0.4, 0.5) is 0 Å². The maximum atomic E-state index is 10.4. The molecule has 0 heterocycles. The third kappa shape index (κ3) is 8.01. The molecule has 0 spiro atoms. The highest BCUT2D eigenvalue weighted by Crippen LogP contribution is 2.05. The summed E-state index contributed by atoms with van der Waals surface area (Å²) < 4.78 is 29.2. The number of rotatable bonds is 1. The lowest BCUT2D eigenvalue weighted by Crippen LogP contribution is -2.12. The average molecular weight is 307 g/mol. The van der Waals surface area contributed by atoms with Crippen molar-refractivity contribution in [3.05, 3.63) is 30.3 Å². The van der Waals surface area contributed by atoms with Gasteiger partial charge in [-0.3, -0.25) is 4.55 Å². The number of thiocarbonyl (C=S) groups is 1. The summed E-state index contributed by atoms with van der Waals surface area (Å²) in [6.45, 7) is 0. The molecule has 1 rings (SSSR count). The second kappa shape index (κ2) is 8.03. The highest BCUT2D eigenvalue weighted by molar-refractivity contribution is 8.13. The molecule has 9 heteroatoms. The van der Waals surface area contributed by atoms with Gasteiger partial charge in [-0.2, -0.15) is 13.4 Å². The Morgan fingerprint density at radius 1 is 1.33 bits per heavy atom. The van der Waals surface area contributed by atoms with Crippen molar-refractivity contribution in [3.63, 3.8) is 0 Å². The molecule has 0 aliphatic rings. The van der Waals surface area contributed by atoms with E-state index in [1.54, 1.807) is 24.5 Å². The molecule has 100 valence electrons. The van der Waals surface area contributed by atoms with Crippen LogP contribution >= 0.6 is 24.0 Å². The van der Waals surface area contributed by atoms with Gasteiger partial charge in [0.15, 0.2) is 10.3 Å². The first-order chi connectivity index (χ1) is 8.27. The minimum absolute atomic E-state index is 0.0741. The molecule has 0 aliphatic carbocycles. The van der Waals surface area contributed by atoms with Crippen LogP contribution in [-0.4, -0.2) is 29.5 Å². The second-order valence-electron chi connectivity index (χ2n) is 2.78. The first-order valence-electron chi connectivity index (χ1n) is 4.47. The summed E-state index contributed by atoms with van der Waals surface area (Å²) >= 11 is 5.75. The van der Waals surface area contributed by atoms with E-state index in [1.807, 2.05) is 0 Å².